The number of aliphatic imine (C=N–C) groups is 1. The number of nitrogens with two attached hydrogens (primary N) is 3. The van der Waals surface area contributed by atoms with Gasteiger partial charge in [0.25, 0.3) is 0 Å². The highest BCUT2D eigenvalue weighted by atomic mass is 35.5. The predicted molar refractivity (Wildman–Crippen MR) is 73.6 cm³/mol. The van der Waals surface area contributed by atoms with Gasteiger partial charge in [-0.2, -0.15) is 0 Å². The Labute approximate surface area is 114 Å². The summed E-state index contributed by atoms with van der Waals surface area (Å²) in [6, 6.07) is -0.578. The first-order chi connectivity index (χ1) is 7.07. The van der Waals surface area contributed by atoms with Gasteiger partial charge < -0.3 is 21.9 Å². The van der Waals surface area contributed by atoms with Crippen LogP contribution in [0.3, 0.4) is 0 Å². The van der Waals surface area contributed by atoms with E-state index in [2.05, 4.69) is 4.99 Å². The van der Waals surface area contributed by atoms with Crippen LogP contribution in [0.15, 0.2) is 4.99 Å². The van der Waals surface area contributed by atoms with E-state index >= 15 is 0 Å². The Morgan fingerprint density at radius 2 is 1.94 bits per heavy atom. The van der Waals surface area contributed by atoms with E-state index in [1.807, 2.05) is 6.92 Å². The lowest BCUT2D eigenvalue weighted by atomic mass is 10.2. The summed E-state index contributed by atoms with van der Waals surface area (Å²) in [5, 5.41) is 0. The predicted octanol–water partition coefficient (Wildman–Crippen LogP) is 0.164. The minimum Gasteiger partial charge on any atom is -0.465 e. The monoisotopic (exact) mass is 288 g/mol. The van der Waals surface area contributed by atoms with Gasteiger partial charge in [-0.25, -0.2) is 0 Å². The number of halogens is 2. The third kappa shape index (κ3) is 13.2. The number of guanidine groups is 1. The summed E-state index contributed by atoms with van der Waals surface area (Å²) < 4.78 is 4.88. The molecule has 0 aromatic rings. The van der Waals surface area contributed by atoms with Crippen LogP contribution in [0.1, 0.15) is 26.2 Å². The molecule has 104 valence electrons. The van der Waals surface area contributed by atoms with E-state index in [1.165, 1.54) is 0 Å². The third-order valence-corrected chi connectivity index (χ3v) is 1.72. The molecule has 0 rings (SSSR count). The minimum absolute atomic E-state index is 0. The summed E-state index contributed by atoms with van der Waals surface area (Å²) in [7, 11) is 0. The standard InChI is InChI=1S/C9H20N4O2.2ClH/c1-2-6-15-8(14)7(10)4-3-5-13-9(11)12;;/h7H,2-6,10H2,1H3,(H4,11,12,13);2*1H. The third-order valence-electron chi connectivity index (χ3n) is 1.72. The lowest BCUT2D eigenvalue weighted by molar-refractivity contribution is -0.145. The van der Waals surface area contributed by atoms with Gasteiger partial charge in [-0.1, -0.05) is 6.92 Å². The SMILES string of the molecule is CCCOC(=O)C(N)CCCN=C(N)N.Cl.Cl. The Hall–Kier alpha value is -0.720. The van der Waals surface area contributed by atoms with Crippen LogP contribution >= 0.6 is 24.8 Å². The summed E-state index contributed by atoms with van der Waals surface area (Å²) in [6.45, 7) is 2.83. The highest BCUT2D eigenvalue weighted by Gasteiger charge is 2.13. The number of hydrogen-bond acceptors (Lipinski definition) is 4. The van der Waals surface area contributed by atoms with Crippen LogP contribution in [-0.4, -0.2) is 31.1 Å². The first-order valence-electron chi connectivity index (χ1n) is 5.05. The fourth-order valence-electron chi connectivity index (χ4n) is 0.947. The van der Waals surface area contributed by atoms with Gasteiger partial charge in [-0.05, 0) is 19.3 Å². The quantitative estimate of drug-likeness (QED) is 0.267. The van der Waals surface area contributed by atoms with Crippen LogP contribution < -0.4 is 17.2 Å². The molecule has 17 heavy (non-hydrogen) atoms. The highest BCUT2D eigenvalue weighted by molar-refractivity contribution is 5.85. The van der Waals surface area contributed by atoms with Crippen molar-refractivity contribution in [1.82, 2.24) is 0 Å². The number of carbonyl (C=O) groups is 1. The second-order valence-electron chi connectivity index (χ2n) is 3.22. The molecule has 0 saturated heterocycles. The van der Waals surface area contributed by atoms with E-state index in [4.69, 9.17) is 21.9 Å². The molecule has 0 aromatic carbocycles. The lowest BCUT2D eigenvalue weighted by Crippen LogP contribution is -2.32. The number of rotatable bonds is 7. The molecule has 0 aliphatic heterocycles. The Balaban J connectivity index is -0.000000980. The number of carbonyl (C=O) groups excluding carboxylic acids is 1. The van der Waals surface area contributed by atoms with Crippen molar-refractivity contribution in [2.45, 2.75) is 32.2 Å². The molecule has 0 saturated carbocycles. The molecule has 0 aliphatic rings. The molecule has 0 amide bonds. The smallest absolute Gasteiger partial charge is 0.322 e. The zero-order chi connectivity index (χ0) is 11.7. The van der Waals surface area contributed by atoms with Gasteiger partial charge in [0.2, 0.25) is 0 Å². The van der Waals surface area contributed by atoms with Gasteiger partial charge in [-0.15, -0.1) is 24.8 Å². The van der Waals surface area contributed by atoms with E-state index in [1.54, 1.807) is 0 Å². The van der Waals surface area contributed by atoms with Crippen molar-refractivity contribution in [1.29, 1.82) is 0 Å². The zero-order valence-corrected chi connectivity index (χ0v) is 11.6. The fourth-order valence-corrected chi connectivity index (χ4v) is 0.947. The summed E-state index contributed by atoms with van der Waals surface area (Å²) >= 11 is 0. The fraction of sp³-hybridized carbons (Fsp3) is 0.778. The van der Waals surface area contributed by atoms with Crippen LogP contribution in [0.4, 0.5) is 0 Å². The second kappa shape index (κ2) is 13.3. The summed E-state index contributed by atoms with van der Waals surface area (Å²) in [6.07, 6.45) is 1.99. The summed E-state index contributed by atoms with van der Waals surface area (Å²) in [5.41, 5.74) is 15.9. The first-order valence-corrected chi connectivity index (χ1v) is 5.05. The Kier molecular flexibility index (Phi) is 16.9. The molecular weight excluding hydrogens is 267 g/mol. The van der Waals surface area contributed by atoms with Gasteiger partial charge in [0, 0.05) is 6.54 Å². The number of nitrogens with zero attached hydrogens (tertiary/aromatic N) is 1. The van der Waals surface area contributed by atoms with Gasteiger partial charge in [0.1, 0.15) is 6.04 Å². The first kappa shape index (κ1) is 21.6. The lowest BCUT2D eigenvalue weighted by Gasteiger charge is -2.09. The Bertz CT molecular complexity index is 223. The van der Waals surface area contributed by atoms with Crippen LogP contribution in [0, 0.1) is 0 Å². The van der Waals surface area contributed by atoms with Crippen molar-refractivity contribution in [3.63, 3.8) is 0 Å². The molecule has 0 heterocycles. The van der Waals surface area contributed by atoms with E-state index in [9.17, 15) is 4.79 Å². The molecule has 0 aromatic heterocycles. The van der Waals surface area contributed by atoms with E-state index in [-0.39, 0.29) is 36.7 Å². The van der Waals surface area contributed by atoms with E-state index in [0.717, 1.165) is 6.42 Å². The maximum atomic E-state index is 11.2. The summed E-state index contributed by atoms with van der Waals surface area (Å²) in [5.74, 6) is -0.307. The summed E-state index contributed by atoms with van der Waals surface area (Å²) in [4.78, 5) is 15.0. The van der Waals surface area contributed by atoms with Crippen molar-refractivity contribution in [2.24, 2.45) is 22.2 Å². The average Bonchev–Trinajstić information content (AvgIpc) is 2.20. The second-order valence-corrected chi connectivity index (χ2v) is 3.22. The maximum absolute atomic E-state index is 11.2. The largest absolute Gasteiger partial charge is 0.465 e. The average molecular weight is 289 g/mol. The van der Waals surface area contributed by atoms with Crippen molar-refractivity contribution >= 4 is 36.7 Å². The van der Waals surface area contributed by atoms with Gasteiger partial charge >= 0.3 is 5.97 Å². The molecule has 6 nitrogen and oxygen atoms in total. The molecule has 0 fully saturated rings. The molecule has 8 heteroatoms. The van der Waals surface area contributed by atoms with Crippen LogP contribution in [0.5, 0.6) is 0 Å². The highest BCUT2D eigenvalue weighted by Crippen LogP contribution is 1.98. The molecule has 1 atom stereocenters. The van der Waals surface area contributed by atoms with Crippen molar-refractivity contribution < 1.29 is 9.53 Å². The van der Waals surface area contributed by atoms with Crippen LogP contribution in [0.2, 0.25) is 0 Å². The number of ether oxygens (including phenoxy) is 1. The van der Waals surface area contributed by atoms with Crippen molar-refractivity contribution in [3.8, 4) is 0 Å². The topological polar surface area (TPSA) is 117 Å². The Morgan fingerprint density at radius 1 is 1.35 bits per heavy atom. The van der Waals surface area contributed by atoms with Crippen molar-refractivity contribution in [3.05, 3.63) is 0 Å². The van der Waals surface area contributed by atoms with Gasteiger partial charge in [-0.3, -0.25) is 9.79 Å². The maximum Gasteiger partial charge on any atom is 0.322 e. The number of esters is 1. The van der Waals surface area contributed by atoms with Gasteiger partial charge in [0.05, 0.1) is 6.61 Å². The van der Waals surface area contributed by atoms with E-state index < -0.39 is 6.04 Å². The molecule has 0 bridgehead atoms. The Morgan fingerprint density at radius 3 is 2.41 bits per heavy atom. The zero-order valence-electron chi connectivity index (χ0n) is 9.93. The van der Waals surface area contributed by atoms with Crippen LogP contribution in [0.25, 0.3) is 0 Å². The molecule has 6 N–H and O–H groups in total. The molecular formula is C9H22Cl2N4O2. The van der Waals surface area contributed by atoms with Crippen LogP contribution in [-0.2, 0) is 9.53 Å². The van der Waals surface area contributed by atoms with Gasteiger partial charge in [0.15, 0.2) is 5.96 Å². The van der Waals surface area contributed by atoms with Crippen molar-refractivity contribution in [2.75, 3.05) is 13.2 Å². The normalized spacial score (nSPS) is 10.5. The molecule has 0 radical (unpaired) electrons. The minimum atomic E-state index is -0.578. The number of hydrogen-bond donors (Lipinski definition) is 3. The molecule has 1 unspecified atom stereocenters. The molecule has 0 aliphatic carbocycles. The molecule has 0 spiro atoms. The van der Waals surface area contributed by atoms with E-state index in [0.29, 0.717) is 26.0 Å².